The van der Waals surface area contributed by atoms with Gasteiger partial charge in [0.25, 0.3) is 0 Å². The van der Waals surface area contributed by atoms with Crippen molar-refractivity contribution in [3.63, 3.8) is 0 Å². The van der Waals surface area contributed by atoms with Crippen molar-refractivity contribution in [2.24, 2.45) is 0 Å². The molecule has 3 nitrogen and oxygen atoms in total. The predicted octanol–water partition coefficient (Wildman–Crippen LogP) is 2.85. The molecule has 2 aromatic rings. The smallest absolute Gasteiger partial charge is 0.190 e. The lowest BCUT2D eigenvalue weighted by Gasteiger charge is -2.03. The Kier molecular flexibility index (Phi) is 2.23. The van der Waals surface area contributed by atoms with Gasteiger partial charge in [0.1, 0.15) is 11.4 Å². The van der Waals surface area contributed by atoms with Crippen LogP contribution in [0.4, 0.5) is 5.69 Å². The van der Waals surface area contributed by atoms with Crippen molar-refractivity contribution >= 4 is 5.69 Å². The normalized spacial score (nSPS) is 10.6. The van der Waals surface area contributed by atoms with E-state index in [0.717, 1.165) is 16.8 Å². The van der Waals surface area contributed by atoms with Crippen molar-refractivity contribution < 1.29 is 4.52 Å². The second-order valence-corrected chi connectivity index (χ2v) is 3.83. The number of hydrogen-bond donors (Lipinski definition) is 1. The molecule has 2 N–H and O–H groups in total. The monoisotopic (exact) mass is 202 g/mol. The number of anilines is 1. The van der Waals surface area contributed by atoms with Gasteiger partial charge in [0.15, 0.2) is 5.76 Å². The summed E-state index contributed by atoms with van der Waals surface area (Å²) in [5.41, 5.74) is 10.6. The predicted molar refractivity (Wildman–Crippen MR) is 60.6 cm³/mol. The highest BCUT2D eigenvalue weighted by Gasteiger charge is 2.13. The lowest BCUT2D eigenvalue weighted by molar-refractivity contribution is 0.427. The maximum absolute atomic E-state index is 5.90. The molecule has 0 unspecified atom stereocenters. The van der Waals surface area contributed by atoms with E-state index in [-0.39, 0.29) is 0 Å². The van der Waals surface area contributed by atoms with Crippen LogP contribution in [0, 0.1) is 20.8 Å². The Hall–Kier alpha value is -1.77. The van der Waals surface area contributed by atoms with Gasteiger partial charge in [-0.3, -0.25) is 0 Å². The molecule has 0 bridgehead atoms. The molecule has 0 radical (unpaired) electrons. The van der Waals surface area contributed by atoms with Crippen molar-refractivity contribution in [3.8, 4) is 11.3 Å². The zero-order valence-electron chi connectivity index (χ0n) is 9.16. The van der Waals surface area contributed by atoms with Crippen molar-refractivity contribution in [2.75, 3.05) is 5.73 Å². The Bertz CT molecular complexity index is 500. The van der Waals surface area contributed by atoms with Gasteiger partial charge in [0.2, 0.25) is 0 Å². The van der Waals surface area contributed by atoms with Gasteiger partial charge in [0, 0.05) is 5.56 Å². The summed E-state index contributed by atoms with van der Waals surface area (Å²) in [5, 5.41) is 3.86. The third kappa shape index (κ3) is 1.61. The molecule has 78 valence electrons. The standard InChI is InChI=1S/C12H14N2O/c1-7-4-5-8(2)10(6-7)12-11(13)9(3)14-15-12/h4-6H,13H2,1-3H3. The zero-order valence-corrected chi connectivity index (χ0v) is 9.16. The molecule has 0 aliphatic carbocycles. The topological polar surface area (TPSA) is 52.0 Å². The summed E-state index contributed by atoms with van der Waals surface area (Å²) in [5.74, 6) is 0.675. The van der Waals surface area contributed by atoms with E-state index in [1.54, 1.807) is 0 Å². The van der Waals surface area contributed by atoms with Crippen LogP contribution in [0.15, 0.2) is 22.7 Å². The molecule has 0 saturated heterocycles. The first-order valence-electron chi connectivity index (χ1n) is 4.89. The minimum absolute atomic E-state index is 0.628. The maximum Gasteiger partial charge on any atom is 0.190 e. The van der Waals surface area contributed by atoms with Gasteiger partial charge in [-0.2, -0.15) is 0 Å². The molecule has 0 atom stereocenters. The van der Waals surface area contributed by atoms with E-state index in [1.807, 2.05) is 20.8 Å². The molecule has 1 aromatic heterocycles. The molecule has 0 aliphatic heterocycles. The summed E-state index contributed by atoms with van der Waals surface area (Å²) in [7, 11) is 0. The van der Waals surface area contributed by atoms with E-state index in [2.05, 4.69) is 23.4 Å². The highest BCUT2D eigenvalue weighted by Crippen LogP contribution is 2.31. The van der Waals surface area contributed by atoms with Crippen molar-refractivity contribution in [3.05, 3.63) is 35.0 Å². The zero-order chi connectivity index (χ0) is 11.0. The summed E-state index contributed by atoms with van der Waals surface area (Å²) < 4.78 is 5.24. The summed E-state index contributed by atoms with van der Waals surface area (Å²) in [4.78, 5) is 0. The van der Waals surface area contributed by atoms with Crippen molar-refractivity contribution in [1.29, 1.82) is 0 Å². The quantitative estimate of drug-likeness (QED) is 0.773. The van der Waals surface area contributed by atoms with Crippen LogP contribution in [0.5, 0.6) is 0 Å². The molecule has 0 fully saturated rings. The first kappa shape index (κ1) is 9.77. The highest BCUT2D eigenvalue weighted by atomic mass is 16.5. The minimum Gasteiger partial charge on any atom is -0.394 e. The minimum atomic E-state index is 0.628. The Morgan fingerprint density at radius 3 is 2.53 bits per heavy atom. The molecular weight excluding hydrogens is 188 g/mol. The number of aromatic nitrogens is 1. The first-order valence-corrected chi connectivity index (χ1v) is 4.89. The summed E-state index contributed by atoms with van der Waals surface area (Å²) in [6.07, 6.45) is 0. The van der Waals surface area contributed by atoms with Crippen LogP contribution in [0.3, 0.4) is 0 Å². The molecule has 1 heterocycles. The fourth-order valence-corrected chi connectivity index (χ4v) is 1.55. The number of benzene rings is 1. The van der Waals surface area contributed by atoms with E-state index in [1.165, 1.54) is 5.56 Å². The van der Waals surface area contributed by atoms with E-state index in [4.69, 9.17) is 10.3 Å². The summed E-state index contributed by atoms with van der Waals surface area (Å²) in [6, 6.07) is 6.19. The molecule has 0 saturated carbocycles. The fourth-order valence-electron chi connectivity index (χ4n) is 1.55. The molecular formula is C12H14N2O. The third-order valence-corrected chi connectivity index (χ3v) is 2.55. The van der Waals surface area contributed by atoms with Crippen LogP contribution < -0.4 is 5.73 Å². The van der Waals surface area contributed by atoms with Gasteiger partial charge in [-0.05, 0) is 32.4 Å². The van der Waals surface area contributed by atoms with Crippen LogP contribution in [-0.4, -0.2) is 5.16 Å². The SMILES string of the molecule is Cc1ccc(C)c(-c2onc(C)c2N)c1. The number of nitrogens with zero attached hydrogens (tertiary/aromatic N) is 1. The van der Waals surface area contributed by atoms with E-state index in [0.29, 0.717) is 11.4 Å². The lowest BCUT2D eigenvalue weighted by atomic mass is 10.0. The largest absolute Gasteiger partial charge is 0.394 e. The van der Waals surface area contributed by atoms with Gasteiger partial charge in [0.05, 0.1) is 0 Å². The number of rotatable bonds is 1. The van der Waals surface area contributed by atoms with Crippen LogP contribution in [0.25, 0.3) is 11.3 Å². The molecule has 15 heavy (non-hydrogen) atoms. The van der Waals surface area contributed by atoms with E-state index in [9.17, 15) is 0 Å². The molecule has 0 amide bonds. The summed E-state index contributed by atoms with van der Waals surface area (Å²) in [6.45, 7) is 5.92. The second kappa shape index (κ2) is 3.42. The number of hydrogen-bond acceptors (Lipinski definition) is 3. The van der Waals surface area contributed by atoms with Gasteiger partial charge in [-0.1, -0.05) is 22.9 Å². The third-order valence-electron chi connectivity index (χ3n) is 2.55. The molecule has 0 spiro atoms. The van der Waals surface area contributed by atoms with Crippen LogP contribution in [0.2, 0.25) is 0 Å². The van der Waals surface area contributed by atoms with Crippen molar-refractivity contribution in [2.45, 2.75) is 20.8 Å². The van der Waals surface area contributed by atoms with Gasteiger partial charge in [-0.15, -0.1) is 0 Å². The first-order chi connectivity index (χ1) is 7.09. The summed E-state index contributed by atoms with van der Waals surface area (Å²) >= 11 is 0. The van der Waals surface area contributed by atoms with Crippen LogP contribution in [-0.2, 0) is 0 Å². The van der Waals surface area contributed by atoms with E-state index >= 15 is 0 Å². The van der Waals surface area contributed by atoms with Crippen LogP contribution >= 0.6 is 0 Å². The second-order valence-electron chi connectivity index (χ2n) is 3.83. The number of nitrogen functional groups attached to an aromatic ring is 1. The van der Waals surface area contributed by atoms with Gasteiger partial charge in [-0.25, -0.2) is 0 Å². The average molecular weight is 202 g/mol. The maximum atomic E-state index is 5.90. The Morgan fingerprint density at radius 2 is 1.93 bits per heavy atom. The Balaban J connectivity index is 2.63. The molecule has 1 aromatic carbocycles. The lowest BCUT2D eigenvalue weighted by Crippen LogP contribution is -1.90. The number of nitrogens with two attached hydrogens (primary N) is 1. The van der Waals surface area contributed by atoms with Gasteiger partial charge >= 0.3 is 0 Å². The highest BCUT2D eigenvalue weighted by molar-refractivity contribution is 5.74. The van der Waals surface area contributed by atoms with E-state index < -0.39 is 0 Å². The fraction of sp³-hybridized carbons (Fsp3) is 0.250. The Labute approximate surface area is 88.9 Å². The van der Waals surface area contributed by atoms with Crippen molar-refractivity contribution in [1.82, 2.24) is 5.16 Å². The average Bonchev–Trinajstić information content (AvgIpc) is 2.52. The molecule has 3 heteroatoms. The van der Waals surface area contributed by atoms with Crippen LogP contribution in [0.1, 0.15) is 16.8 Å². The van der Waals surface area contributed by atoms with Gasteiger partial charge < -0.3 is 10.3 Å². The molecule has 2 rings (SSSR count). The Morgan fingerprint density at radius 1 is 1.20 bits per heavy atom. The number of aryl methyl sites for hydroxylation is 3. The molecule has 0 aliphatic rings.